The van der Waals surface area contributed by atoms with Crippen LogP contribution in [0.4, 0.5) is 11.5 Å². The molecule has 12 heteroatoms. The van der Waals surface area contributed by atoms with Crippen molar-refractivity contribution in [2.75, 3.05) is 61.8 Å². The Kier molecular flexibility index (Phi) is 6.39. The monoisotopic (exact) mass is 589 g/mol. The normalized spacial score (nSPS) is 21.5. The van der Waals surface area contributed by atoms with Crippen LogP contribution in [-0.2, 0) is 14.6 Å². The number of fused-ring (bicyclic) bond motifs is 1. The SMILES string of the molecule is COc1ccncc1-c1cc2c(cnn2-c2cc(N3C[C@H](CS(C)(=O)=O)[C@H]3C)cc(N3CCC4(COC4)C3)n2)c(C)n1. The third kappa shape index (κ3) is 4.66. The number of hydrogen-bond acceptors (Lipinski definition) is 10. The summed E-state index contributed by atoms with van der Waals surface area (Å²) in [6.07, 6.45) is 7.69. The van der Waals surface area contributed by atoms with Gasteiger partial charge in [0.1, 0.15) is 21.4 Å². The Balaban J connectivity index is 1.32. The summed E-state index contributed by atoms with van der Waals surface area (Å²) < 4.78 is 37.0. The van der Waals surface area contributed by atoms with E-state index in [0.717, 1.165) is 72.1 Å². The third-order valence-electron chi connectivity index (χ3n) is 9.07. The van der Waals surface area contributed by atoms with Gasteiger partial charge in [0, 0.05) is 84.6 Å². The molecule has 0 N–H and O–H groups in total. The summed E-state index contributed by atoms with van der Waals surface area (Å²) in [4.78, 5) is 18.9. The van der Waals surface area contributed by atoms with E-state index in [0.29, 0.717) is 18.1 Å². The van der Waals surface area contributed by atoms with Crippen LogP contribution in [0.15, 0.2) is 42.9 Å². The molecule has 3 aliphatic heterocycles. The number of nitrogens with zero attached hydrogens (tertiary/aromatic N) is 7. The van der Waals surface area contributed by atoms with E-state index in [4.69, 9.17) is 24.5 Å². The highest BCUT2D eigenvalue weighted by Crippen LogP contribution is 2.41. The molecular weight excluding hydrogens is 554 g/mol. The van der Waals surface area contributed by atoms with Gasteiger partial charge in [-0.1, -0.05) is 0 Å². The summed E-state index contributed by atoms with van der Waals surface area (Å²) in [5, 5.41) is 5.72. The van der Waals surface area contributed by atoms with Gasteiger partial charge in [0.15, 0.2) is 5.82 Å². The average molecular weight is 590 g/mol. The summed E-state index contributed by atoms with van der Waals surface area (Å²) in [5.41, 5.74) is 4.51. The molecule has 220 valence electrons. The summed E-state index contributed by atoms with van der Waals surface area (Å²) in [5.74, 6) is 2.59. The molecule has 4 aromatic rings. The average Bonchev–Trinajstić information content (AvgIpc) is 3.60. The maximum Gasteiger partial charge on any atom is 0.158 e. The van der Waals surface area contributed by atoms with Gasteiger partial charge in [0.25, 0.3) is 0 Å². The van der Waals surface area contributed by atoms with Crippen LogP contribution >= 0.6 is 0 Å². The molecule has 0 amide bonds. The van der Waals surface area contributed by atoms with Gasteiger partial charge in [0.05, 0.1) is 49.0 Å². The Bertz CT molecular complexity index is 1790. The van der Waals surface area contributed by atoms with Gasteiger partial charge in [-0.15, -0.1) is 0 Å². The van der Waals surface area contributed by atoms with Gasteiger partial charge < -0.3 is 19.3 Å². The maximum atomic E-state index is 12.0. The molecule has 42 heavy (non-hydrogen) atoms. The van der Waals surface area contributed by atoms with Crippen molar-refractivity contribution in [2.24, 2.45) is 11.3 Å². The highest BCUT2D eigenvalue weighted by Gasteiger charge is 2.45. The number of sulfone groups is 1. The van der Waals surface area contributed by atoms with Crippen molar-refractivity contribution in [1.29, 1.82) is 0 Å². The van der Waals surface area contributed by atoms with Crippen LogP contribution in [0.5, 0.6) is 5.75 Å². The molecule has 1 spiro atoms. The number of anilines is 2. The molecule has 0 unspecified atom stereocenters. The molecule has 2 atom stereocenters. The molecule has 0 aromatic carbocycles. The van der Waals surface area contributed by atoms with Gasteiger partial charge in [-0.05, 0) is 32.4 Å². The predicted octanol–water partition coefficient (Wildman–Crippen LogP) is 3.29. The zero-order valence-corrected chi connectivity index (χ0v) is 25.1. The smallest absolute Gasteiger partial charge is 0.158 e. The number of ether oxygens (including phenoxy) is 2. The first kappa shape index (κ1) is 27.1. The molecule has 11 nitrogen and oxygen atoms in total. The van der Waals surface area contributed by atoms with Crippen LogP contribution in [0.3, 0.4) is 0 Å². The molecule has 0 radical (unpaired) electrons. The first-order chi connectivity index (χ1) is 20.1. The lowest BCUT2D eigenvalue weighted by molar-refractivity contribution is -0.0985. The van der Waals surface area contributed by atoms with Crippen molar-refractivity contribution in [3.8, 4) is 22.8 Å². The van der Waals surface area contributed by atoms with Gasteiger partial charge >= 0.3 is 0 Å². The second-order valence-corrected chi connectivity index (χ2v) is 14.3. The van der Waals surface area contributed by atoms with Crippen LogP contribution in [-0.4, -0.2) is 91.2 Å². The topological polar surface area (TPSA) is 116 Å². The maximum absolute atomic E-state index is 12.0. The highest BCUT2D eigenvalue weighted by atomic mass is 32.2. The minimum absolute atomic E-state index is 0.0956. The van der Waals surface area contributed by atoms with E-state index in [9.17, 15) is 8.42 Å². The molecule has 7 rings (SSSR count). The van der Waals surface area contributed by atoms with E-state index in [1.54, 1.807) is 19.5 Å². The largest absolute Gasteiger partial charge is 0.496 e. The zero-order valence-electron chi connectivity index (χ0n) is 24.3. The van der Waals surface area contributed by atoms with Crippen molar-refractivity contribution in [3.05, 3.63) is 48.5 Å². The molecular formula is C30H35N7O4S. The standard InChI is InChI=1S/C30H35N7O4S/c1-19-23-13-32-37(26(23)11-25(33-19)24-12-31-7-5-27(24)40-3)29-10-22(36-14-21(20(36)2)15-42(4,38)39)9-28(34-29)35-8-6-30(16-35)17-41-18-30/h5,7,9-13,20-21H,6,8,14-18H2,1-4H3/t20-,21-/m1/s1. The van der Waals surface area contributed by atoms with Crippen LogP contribution in [0.25, 0.3) is 28.0 Å². The van der Waals surface area contributed by atoms with E-state index < -0.39 is 9.84 Å². The van der Waals surface area contributed by atoms with Crippen molar-refractivity contribution in [2.45, 2.75) is 26.3 Å². The van der Waals surface area contributed by atoms with Crippen molar-refractivity contribution in [1.82, 2.24) is 24.7 Å². The fourth-order valence-corrected chi connectivity index (χ4v) is 7.70. The minimum Gasteiger partial charge on any atom is -0.496 e. The Morgan fingerprint density at radius 2 is 1.95 bits per heavy atom. The summed E-state index contributed by atoms with van der Waals surface area (Å²) in [6.45, 7) is 8.17. The lowest BCUT2D eigenvalue weighted by atomic mass is 9.85. The molecule has 0 saturated carbocycles. The Morgan fingerprint density at radius 1 is 1.14 bits per heavy atom. The van der Waals surface area contributed by atoms with E-state index >= 15 is 0 Å². The lowest BCUT2D eigenvalue weighted by Crippen LogP contribution is -2.57. The number of pyridine rings is 3. The lowest BCUT2D eigenvalue weighted by Gasteiger charge is -2.48. The van der Waals surface area contributed by atoms with E-state index in [1.807, 2.05) is 29.9 Å². The van der Waals surface area contributed by atoms with Gasteiger partial charge in [0.2, 0.25) is 0 Å². The quantitative estimate of drug-likeness (QED) is 0.318. The third-order valence-corrected chi connectivity index (χ3v) is 10.1. The number of methoxy groups -OCH3 is 1. The van der Waals surface area contributed by atoms with E-state index in [1.165, 1.54) is 6.26 Å². The Labute approximate surface area is 245 Å². The Hall–Kier alpha value is -3.77. The molecule has 7 heterocycles. The molecule has 3 aliphatic rings. The molecule has 3 saturated heterocycles. The summed E-state index contributed by atoms with van der Waals surface area (Å²) in [6, 6.07) is 8.12. The molecule has 4 aromatic heterocycles. The second kappa shape index (κ2) is 9.91. The molecule has 0 bridgehead atoms. The van der Waals surface area contributed by atoms with E-state index in [-0.39, 0.29) is 23.1 Å². The van der Waals surface area contributed by atoms with Crippen LogP contribution < -0.4 is 14.5 Å². The number of hydrogen-bond donors (Lipinski definition) is 0. The number of rotatable bonds is 7. The van der Waals surface area contributed by atoms with Crippen LogP contribution in [0.2, 0.25) is 0 Å². The molecule has 3 fully saturated rings. The number of aromatic nitrogens is 5. The fourth-order valence-electron chi connectivity index (χ4n) is 6.54. The van der Waals surface area contributed by atoms with Crippen molar-refractivity contribution >= 4 is 32.2 Å². The first-order valence-corrected chi connectivity index (χ1v) is 16.3. The highest BCUT2D eigenvalue weighted by molar-refractivity contribution is 7.90. The zero-order chi connectivity index (χ0) is 29.2. The van der Waals surface area contributed by atoms with Crippen molar-refractivity contribution < 1.29 is 17.9 Å². The summed E-state index contributed by atoms with van der Waals surface area (Å²) in [7, 11) is -1.41. The van der Waals surface area contributed by atoms with Crippen molar-refractivity contribution in [3.63, 3.8) is 0 Å². The fraction of sp³-hybridized carbons (Fsp3) is 0.467. The molecule has 0 aliphatic carbocycles. The van der Waals surface area contributed by atoms with Gasteiger partial charge in [-0.2, -0.15) is 5.10 Å². The van der Waals surface area contributed by atoms with Crippen LogP contribution in [0.1, 0.15) is 19.0 Å². The minimum atomic E-state index is -3.05. The Morgan fingerprint density at radius 3 is 2.64 bits per heavy atom. The van der Waals surface area contributed by atoms with E-state index in [2.05, 4.69) is 33.8 Å². The number of aryl methyl sites for hydroxylation is 1. The summed E-state index contributed by atoms with van der Waals surface area (Å²) >= 11 is 0. The van der Waals surface area contributed by atoms with Gasteiger partial charge in [-0.25, -0.2) is 18.1 Å². The van der Waals surface area contributed by atoms with Gasteiger partial charge in [-0.3, -0.25) is 9.97 Å². The van der Waals surface area contributed by atoms with Crippen LogP contribution in [0, 0.1) is 18.3 Å². The second-order valence-electron chi connectivity index (χ2n) is 12.1. The predicted molar refractivity (Wildman–Crippen MR) is 161 cm³/mol. The first-order valence-electron chi connectivity index (χ1n) is 14.3.